The smallest absolute Gasteiger partial charge is 0.0813 e. The first-order valence-corrected chi connectivity index (χ1v) is 4.60. The zero-order chi connectivity index (χ0) is 8.10. The van der Waals surface area contributed by atoms with Gasteiger partial charge in [-0.25, -0.2) is 0 Å². The Labute approximate surface area is 68.9 Å². The zero-order valence-corrected chi connectivity index (χ0v) is 7.51. The molecule has 1 aliphatic rings. The highest BCUT2D eigenvalue weighted by molar-refractivity contribution is 4.71. The molecule has 2 atom stereocenters. The second-order valence-electron chi connectivity index (χ2n) is 3.03. The van der Waals surface area contributed by atoms with Crippen LogP contribution in [0, 0.1) is 0 Å². The van der Waals surface area contributed by atoms with Crippen molar-refractivity contribution in [2.45, 2.75) is 45.3 Å². The molecule has 2 unspecified atom stereocenters. The summed E-state index contributed by atoms with van der Waals surface area (Å²) in [5.74, 6) is 0. The lowest BCUT2D eigenvalue weighted by molar-refractivity contribution is -0.0128. The first kappa shape index (κ1) is 9.01. The maximum atomic E-state index is 5.69. The molecule has 0 bridgehead atoms. The Bertz CT molecular complexity index is 104. The zero-order valence-electron chi connectivity index (χ0n) is 7.51. The molecule has 11 heavy (non-hydrogen) atoms. The van der Waals surface area contributed by atoms with Gasteiger partial charge >= 0.3 is 0 Å². The molecule has 0 spiro atoms. The highest BCUT2D eigenvalue weighted by Gasteiger charge is 2.23. The van der Waals surface area contributed by atoms with Crippen molar-refractivity contribution in [3.05, 3.63) is 0 Å². The second-order valence-corrected chi connectivity index (χ2v) is 3.03. The van der Waals surface area contributed by atoms with Gasteiger partial charge in [0.1, 0.15) is 0 Å². The van der Waals surface area contributed by atoms with E-state index in [9.17, 15) is 0 Å². The van der Waals surface area contributed by atoms with E-state index in [1.165, 1.54) is 12.8 Å². The Morgan fingerprint density at radius 3 is 2.55 bits per heavy atom. The van der Waals surface area contributed by atoms with Crippen molar-refractivity contribution in [1.82, 2.24) is 0 Å². The monoisotopic (exact) mass is 158 g/mol. The van der Waals surface area contributed by atoms with Crippen molar-refractivity contribution in [2.75, 3.05) is 13.2 Å². The highest BCUT2D eigenvalue weighted by Crippen LogP contribution is 2.21. The Morgan fingerprint density at radius 1 is 1.27 bits per heavy atom. The van der Waals surface area contributed by atoms with E-state index in [1.54, 1.807) is 0 Å². The summed E-state index contributed by atoms with van der Waals surface area (Å²) >= 11 is 0. The molecule has 0 aliphatic carbocycles. The lowest BCUT2D eigenvalue weighted by Gasteiger charge is -2.11. The van der Waals surface area contributed by atoms with Crippen molar-refractivity contribution < 1.29 is 9.47 Å². The maximum Gasteiger partial charge on any atom is 0.0813 e. The minimum absolute atomic E-state index is 0.375. The van der Waals surface area contributed by atoms with Gasteiger partial charge in [0.2, 0.25) is 0 Å². The minimum atomic E-state index is 0.375. The summed E-state index contributed by atoms with van der Waals surface area (Å²) in [4.78, 5) is 0. The molecule has 1 saturated heterocycles. The van der Waals surface area contributed by atoms with Crippen LogP contribution in [0.3, 0.4) is 0 Å². The van der Waals surface area contributed by atoms with Gasteiger partial charge in [-0.05, 0) is 26.2 Å². The molecule has 0 saturated carbocycles. The second kappa shape index (κ2) is 4.73. The summed E-state index contributed by atoms with van der Waals surface area (Å²) in [7, 11) is 0. The van der Waals surface area contributed by atoms with Gasteiger partial charge in [0.25, 0.3) is 0 Å². The summed E-state index contributed by atoms with van der Waals surface area (Å²) in [6.45, 7) is 5.78. The van der Waals surface area contributed by atoms with Crippen molar-refractivity contribution in [1.29, 1.82) is 0 Å². The van der Waals surface area contributed by atoms with Crippen LogP contribution in [-0.2, 0) is 9.47 Å². The molecule has 1 rings (SSSR count). The van der Waals surface area contributed by atoms with E-state index in [1.807, 2.05) is 6.92 Å². The third kappa shape index (κ3) is 2.80. The van der Waals surface area contributed by atoms with Gasteiger partial charge in [0, 0.05) is 6.61 Å². The molecule has 2 nitrogen and oxygen atoms in total. The van der Waals surface area contributed by atoms with E-state index >= 15 is 0 Å². The first-order chi connectivity index (χ1) is 5.36. The molecule has 0 aromatic carbocycles. The summed E-state index contributed by atoms with van der Waals surface area (Å²) in [5, 5.41) is 0. The number of ether oxygens (including phenoxy) is 2. The van der Waals surface area contributed by atoms with Crippen molar-refractivity contribution in [3.63, 3.8) is 0 Å². The van der Waals surface area contributed by atoms with Gasteiger partial charge in [-0.3, -0.25) is 0 Å². The lowest BCUT2D eigenvalue weighted by atomic mass is 10.2. The summed E-state index contributed by atoms with van der Waals surface area (Å²) < 4.78 is 11.0. The van der Waals surface area contributed by atoms with Gasteiger partial charge in [-0.1, -0.05) is 6.92 Å². The molecule has 1 aliphatic heterocycles. The van der Waals surface area contributed by atoms with Crippen molar-refractivity contribution in [3.8, 4) is 0 Å². The summed E-state index contributed by atoms with van der Waals surface area (Å²) in [5.41, 5.74) is 0. The minimum Gasteiger partial charge on any atom is -0.379 e. The van der Waals surface area contributed by atoms with E-state index in [0.717, 1.165) is 19.6 Å². The third-order valence-corrected chi connectivity index (χ3v) is 2.16. The van der Waals surface area contributed by atoms with Gasteiger partial charge in [-0.15, -0.1) is 0 Å². The normalized spacial score (nSPS) is 31.1. The fourth-order valence-electron chi connectivity index (χ4n) is 1.45. The molecular weight excluding hydrogens is 140 g/mol. The summed E-state index contributed by atoms with van der Waals surface area (Å²) in [6.07, 6.45) is 4.41. The average molecular weight is 158 g/mol. The van der Waals surface area contributed by atoms with Crippen LogP contribution < -0.4 is 0 Å². The largest absolute Gasteiger partial charge is 0.379 e. The molecule has 1 fully saturated rings. The van der Waals surface area contributed by atoms with Crippen LogP contribution in [0.4, 0.5) is 0 Å². The fraction of sp³-hybridized carbons (Fsp3) is 1.00. The topological polar surface area (TPSA) is 18.5 Å². The van der Waals surface area contributed by atoms with Gasteiger partial charge in [-0.2, -0.15) is 0 Å². The van der Waals surface area contributed by atoms with E-state index in [4.69, 9.17) is 9.47 Å². The first-order valence-electron chi connectivity index (χ1n) is 4.60. The molecule has 66 valence electrons. The van der Waals surface area contributed by atoms with E-state index in [2.05, 4.69) is 6.92 Å². The quantitative estimate of drug-likeness (QED) is 0.623. The molecule has 0 N–H and O–H groups in total. The molecule has 0 aromatic heterocycles. The van der Waals surface area contributed by atoms with Crippen LogP contribution in [0.1, 0.15) is 33.1 Å². The SMILES string of the molecule is CCOCC1CCC(CC)O1. The van der Waals surface area contributed by atoms with Crippen LogP contribution in [-0.4, -0.2) is 25.4 Å². The molecule has 1 heterocycles. The number of hydrogen-bond donors (Lipinski definition) is 0. The van der Waals surface area contributed by atoms with Crippen molar-refractivity contribution in [2.24, 2.45) is 0 Å². The van der Waals surface area contributed by atoms with E-state index in [-0.39, 0.29) is 0 Å². The molecule has 0 aromatic rings. The number of hydrogen-bond acceptors (Lipinski definition) is 2. The highest BCUT2D eigenvalue weighted by atomic mass is 16.5. The maximum absolute atomic E-state index is 5.69. The Balaban J connectivity index is 2.09. The van der Waals surface area contributed by atoms with Crippen LogP contribution in [0.5, 0.6) is 0 Å². The molecular formula is C9H18O2. The molecule has 0 amide bonds. The van der Waals surface area contributed by atoms with E-state index < -0.39 is 0 Å². The van der Waals surface area contributed by atoms with Gasteiger partial charge in [0.15, 0.2) is 0 Å². The van der Waals surface area contributed by atoms with Crippen LogP contribution >= 0.6 is 0 Å². The van der Waals surface area contributed by atoms with Crippen molar-refractivity contribution >= 4 is 0 Å². The molecule has 0 radical (unpaired) electrons. The Morgan fingerprint density at radius 2 is 2.00 bits per heavy atom. The average Bonchev–Trinajstić information content (AvgIpc) is 2.48. The van der Waals surface area contributed by atoms with Gasteiger partial charge < -0.3 is 9.47 Å². The Hall–Kier alpha value is -0.0800. The van der Waals surface area contributed by atoms with Gasteiger partial charge in [0.05, 0.1) is 18.8 Å². The van der Waals surface area contributed by atoms with Crippen LogP contribution in [0.25, 0.3) is 0 Å². The predicted octanol–water partition coefficient (Wildman–Crippen LogP) is 1.98. The van der Waals surface area contributed by atoms with Crippen LogP contribution in [0.15, 0.2) is 0 Å². The third-order valence-electron chi connectivity index (χ3n) is 2.16. The van der Waals surface area contributed by atoms with Crippen LogP contribution in [0.2, 0.25) is 0 Å². The van der Waals surface area contributed by atoms with E-state index in [0.29, 0.717) is 12.2 Å². The lowest BCUT2D eigenvalue weighted by Crippen LogP contribution is -2.16. The standard InChI is InChI=1S/C9H18O2/c1-3-8-5-6-9(11-8)7-10-4-2/h8-9H,3-7H2,1-2H3. The summed E-state index contributed by atoms with van der Waals surface area (Å²) in [6, 6.07) is 0. The molecule has 2 heteroatoms. The predicted molar refractivity (Wildman–Crippen MR) is 44.7 cm³/mol. The Kier molecular flexibility index (Phi) is 3.87. The number of rotatable bonds is 4. The fourth-order valence-corrected chi connectivity index (χ4v) is 1.45.